The first-order valence-corrected chi connectivity index (χ1v) is 11.0. The molecule has 0 amide bonds. The second-order valence-electron chi connectivity index (χ2n) is 6.51. The molecule has 1 saturated heterocycles. The molecule has 1 aliphatic heterocycles. The number of esters is 1. The highest BCUT2D eigenvalue weighted by Crippen LogP contribution is 2.32. The van der Waals surface area contributed by atoms with Gasteiger partial charge < -0.3 is 14.6 Å². The predicted molar refractivity (Wildman–Crippen MR) is 100 cm³/mol. The Hall–Kier alpha value is -1.51. The summed E-state index contributed by atoms with van der Waals surface area (Å²) in [5.41, 5.74) is 0.529. The standard InChI is InChI=1S/C18H20BrNO5S/c1-2-26(23,24)13-7-8-17-14(9-13)20-15(18(22)25-17)10-16(21)11-3-5-12(19)6-4-11/h3-6,10,13-14,17H,2,7-9H2,1H3,(H-,20,21,23,24). The van der Waals surface area contributed by atoms with E-state index in [-0.39, 0.29) is 29.4 Å². The average Bonchev–Trinajstić information content (AvgIpc) is 2.62. The molecule has 140 valence electrons. The van der Waals surface area contributed by atoms with Gasteiger partial charge in [-0.15, -0.1) is 4.21 Å². The van der Waals surface area contributed by atoms with Crippen LogP contribution in [0.4, 0.5) is 0 Å². The van der Waals surface area contributed by atoms with Crippen molar-refractivity contribution < 1.29 is 23.1 Å². The largest absolute Gasteiger partial charge is 0.615 e. The van der Waals surface area contributed by atoms with Crippen LogP contribution in [0.15, 0.2) is 40.5 Å². The van der Waals surface area contributed by atoms with Crippen molar-refractivity contribution in [3.63, 3.8) is 0 Å². The molecule has 2 aliphatic rings. The molecule has 4 atom stereocenters. The van der Waals surface area contributed by atoms with Crippen LogP contribution in [-0.2, 0) is 24.0 Å². The molecule has 1 heterocycles. The highest BCUT2D eigenvalue weighted by Gasteiger charge is 2.43. The highest BCUT2D eigenvalue weighted by molar-refractivity contribution is 9.10. The van der Waals surface area contributed by atoms with Crippen LogP contribution in [0, 0.1) is 0 Å². The van der Waals surface area contributed by atoms with E-state index in [1.54, 1.807) is 31.2 Å². The minimum atomic E-state index is -3.14. The molecule has 0 aromatic heterocycles. The van der Waals surface area contributed by atoms with Crippen molar-refractivity contribution >= 4 is 37.9 Å². The van der Waals surface area contributed by atoms with Crippen molar-refractivity contribution in [3.05, 3.63) is 46.1 Å². The third-order valence-electron chi connectivity index (χ3n) is 4.87. The first-order chi connectivity index (χ1) is 12.3. The fourth-order valence-electron chi connectivity index (χ4n) is 3.35. The third kappa shape index (κ3) is 4.07. The van der Waals surface area contributed by atoms with Gasteiger partial charge in [0.25, 0.3) is 0 Å². The van der Waals surface area contributed by atoms with E-state index in [1.807, 2.05) is 0 Å². The molecule has 6 nitrogen and oxygen atoms in total. The lowest BCUT2D eigenvalue weighted by Gasteiger charge is -2.40. The zero-order valence-electron chi connectivity index (χ0n) is 14.3. The van der Waals surface area contributed by atoms with Gasteiger partial charge in [0.05, 0.1) is 6.04 Å². The first-order valence-electron chi connectivity index (χ1n) is 8.51. The van der Waals surface area contributed by atoms with Crippen molar-refractivity contribution in [2.24, 2.45) is 0 Å². The fourth-order valence-corrected chi connectivity index (χ4v) is 5.08. The summed E-state index contributed by atoms with van der Waals surface area (Å²) in [6, 6.07) is 6.51. The Balaban J connectivity index is 1.75. The summed E-state index contributed by atoms with van der Waals surface area (Å²) in [5, 5.41) is 2.59. The zero-order chi connectivity index (χ0) is 18.9. The Kier molecular flexibility index (Phi) is 5.64. The minimum absolute atomic E-state index is 0.0775. The lowest BCUT2D eigenvalue weighted by molar-refractivity contribution is -0.151. The minimum Gasteiger partial charge on any atom is -0.615 e. The van der Waals surface area contributed by atoms with Gasteiger partial charge in [-0.2, -0.15) is 0 Å². The fraction of sp³-hybridized carbons (Fsp3) is 0.444. The number of ketones is 1. The van der Waals surface area contributed by atoms with Gasteiger partial charge in [-0.25, -0.2) is 4.79 Å². The SMILES string of the molecule is CC[S+](=O)([O-])C1CCC2OC(=O)/C(=C/C(=O)c3ccc(Br)cc3)NC2C1. The van der Waals surface area contributed by atoms with Gasteiger partial charge in [-0.05, 0) is 44.0 Å². The van der Waals surface area contributed by atoms with Crippen LogP contribution in [-0.4, -0.2) is 39.5 Å². The average molecular weight is 442 g/mol. The molecular formula is C18H20BrNO5S. The molecule has 2 fully saturated rings. The van der Waals surface area contributed by atoms with Crippen LogP contribution in [0.2, 0.25) is 0 Å². The topological polar surface area (TPSA) is 95.5 Å². The number of carbonyl (C=O) groups is 2. The van der Waals surface area contributed by atoms with E-state index >= 15 is 0 Å². The Morgan fingerprint density at radius 2 is 2.08 bits per heavy atom. The summed E-state index contributed by atoms with van der Waals surface area (Å²) in [6.07, 6.45) is 2.23. The number of allylic oxidation sites excluding steroid dienone is 1. The Labute approximate surface area is 161 Å². The van der Waals surface area contributed by atoms with Crippen LogP contribution in [0.5, 0.6) is 0 Å². The van der Waals surface area contributed by atoms with E-state index in [0.29, 0.717) is 24.8 Å². The number of nitrogens with one attached hydrogen (secondary N) is 1. The number of sulfone groups is 1. The number of ether oxygens (including phenoxy) is 1. The summed E-state index contributed by atoms with van der Waals surface area (Å²) in [4.78, 5) is 24.5. The number of carbonyl (C=O) groups excluding carboxylic acids is 2. The number of hydrogen-bond donors (Lipinski definition) is 1. The van der Waals surface area contributed by atoms with E-state index in [0.717, 1.165) is 4.47 Å². The number of hydrogen-bond acceptors (Lipinski definition) is 6. The quantitative estimate of drug-likeness (QED) is 0.333. The summed E-state index contributed by atoms with van der Waals surface area (Å²) >= 11 is 3.31. The van der Waals surface area contributed by atoms with E-state index in [1.165, 1.54) is 6.08 Å². The van der Waals surface area contributed by atoms with Gasteiger partial charge in [0.2, 0.25) is 0 Å². The van der Waals surface area contributed by atoms with Crippen LogP contribution >= 0.6 is 15.9 Å². The Bertz CT molecular complexity index is 791. The molecule has 1 N–H and O–H groups in total. The number of halogens is 1. The smallest absolute Gasteiger partial charge is 0.354 e. The molecule has 1 aliphatic carbocycles. The van der Waals surface area contributed by atoms with Crippen LogP contribution < -0.4 is 5.32 Å². The molecule has 8 heteroatoms. The molecule has 4 unspecified atom stereocenters. The molecule has 26 heavy (non-hydrogen) atoms. The summed E-state index contributed by atoms with van der Waals surface area (Å²) < 4.78 is 30.6. The van der Waals surface area contributed by atoms with Crippen LogP contribution in [0.1, 0.15) is 36.5 Å². The van der Waals surface area contributed by atoms with Gasteiger partial charge in [0, 0.05) is 32.7 Å². The van der Waals surface area contributed by atoms with Crippen molar-refractivity contribution in [3.8, 4) is 0 Å². The van der Waals surface area contributed by atoms with E-state index in [4.69, 9.17) is 4.74 Å². The Morgan fingerprint density at radius 3 is 2.73 bits per heavy atom. The lowest BCUT2D eigenvalue weighted by Crippen LogP contribution is -2.55. The van der Waals surface area contributed by atoms with Crippen molar-refractivity contribution in [2.75, 3.05) is 5.75 Å². The predicted octanol–water partition coefficient (Wildman–Crippen LogP) is 2.60. The first kappa shape index (κ1) is 19.3. The molecule has 0 bridgehead atoms. The molecule has 1 aromatic carbocycles. The number of benzene rings is 1. The van der Waals surface area contributed by atoms with E-state index in [9.17, 15) is 18.4 Å². The third-order valence-corrected chi connectivity index (χ3v) is 7.65. The Morgan fingerprint density at radius 1 is 1.38 bits per heavy atom. The second-order valence-corrected chi connectivity index (χ2v) is 10.00. The highest BCUT2D eigenvalue weighted by atomic mass is 79.9. The summed E-state index contributed by atoms with van der Waals surface area (Å²) in [5.74, 6) is -0.794. The van der Waals surface area contributed by atoms with E-state index in [2.05, 4.69) is 21.2 Å². The van der Waals surface area contributed by atoms with E-state index < -0.39 is 21.4 Å². The monoisotopic (exact) mass is 441 g/mol. The number of fused-ring (bicyclic) bond motifs is 1. The molecule has 3 rings (SSSR count). The van der Waals surface area contributed by atoms with Crippen molar-refractivity contribution in [1.82, 2.24) is 5.32 Å². The van der Waals surface area contributed by atoms with Gasteiger partial charge in [-0.1, -0.05) is 15.9 Å². The lowest BCUT2D eigenvalue weighted by atomic mass is 9.90. The van der Waals surface area contributed by atoms with Crippen LogP contribution in [0.3, 0.4) is 0 Å². The molecule has 0 radical (unpaired) electrons. The number of morpholine rings is 1. The summed E-state index contributed by atoms with van der Waals surface area (Å²) in [7, 11) is -3.14. The van der Waals surface area contributed by atoms with Crippen LogP contribution in [0.25, 0.3) is 0 Å². The zero-order valence-corrected chi connectivity index (χ0v) is 16.7. The van der Waals surface area contributed by atoms with Crippen molar-refractivity contribution in [2.45, 2.75) is 43.6 Å². The normalized spacial score (nSPS) is 29.3. The van der Waals surface area contributed by atoms with Gasteiger partial charge >= 0.3 is 5.97 Å². The maximum atomic E-state index is 12.4. The molecular weight excluding hydrogens is 422 g/mol. The molecule has 1 saturated carbocycles. The molecule has 0 spiro atoms. The van der Waals surface area contributed by atoms with Gasteiger partial charge in [-0.3, -0.25) is 4.79 Å². The maximum Gasteiger partial charge on any atom is 0.354 e. The van der Waals surface area contributed by atoms with Gasteiger partial charge in [0.15, 0.2) is 5.78 Å². The maximum absolute atomic E-state index is 12.4. The molecule has 1 aromatic rings. The number of rotatable bonds is 4. The second kappa shape index (κ2) is 7.62. The summed E-state index contributed by atoms with van der Waals surface area (Å²) in [6.45, 7) is 1.64. The van der Waals surface area contributed by atoms with Gasteiger partial charge in [0.1, 0.15) is 22.8 Å². The van der Waals surface area contributed by atoms with Crippen molar-refractivity contribution in [1.29, 1.82) is 0 Å².